The Morgan fingerprint density at radius 3 is 2.65 bits per heavy atom. The maximum atomic E-state index is 12.0. The normalized spacial score (nSPS) is 12.3. The number of hydrogen-bond acceptors (Lipinski definition) is 5. The number of thiazole rings is 1. The quantitative estimate of drug-likeness (QED) is 0.815. The zero-order valence-electron chi connectivity index (χ0n) is 14.2. The zero-order valence-corrected chi connectivity index (χ0v) is 15.1. The monoisotopic (exact) mass is 333 g/mol. The van der Waals surface area contributed by atoms with Crippen molar-refractivity contribution in [2.45, 2.75) is 19.5 Å². The number of hydrogen-bond donors (Lipinski definition) is 0. The molecule has 0 aliphatic rings. The maximum Gasteiger partial charge on any atom is 0.239 e. The molecule has 2 rings (SSSR count). The number of ether oxygens (including phenoxy) is 1. The number of para-hydroxylation sites is 1. The van der Waals surface area contributed by atoms with Crippen molar-refractivity contribution >= 4 is 17.2 Å². The molecule has 6 heteroatoms. The van der Waals surface area contributed by atoms with Crippen molar-refractivity contribution in [1.82, 2.24) is 14.8 Å². The number of rotatable bonds is 6. The summed E-state index contributed by atoms with van der Waals surface area (Å²) in [5.74, 6) is 0.917. The second-order valence-electron chi connectivity index (χ2n) is 5.66. The molecule has 1 heterocycles. The van der Waals surface area contributed by atoms with E-state index in [0.717, 1.165) is 21.2 Å². The molecular formula is C17H23N3O2S. The van der Waals surface area contributed by atoms with Gasteiger partial charge in [0, 0.05) is 31.7 Å². The molecular weight excluding hydrogens is 310 g/mol. The van der Waals surface area contributed by atoms with Crippen LogP contribution in [-0.2, 0) is 11.3 Å². The van der Waals surface area contributed by atoms with Crippen molar-refractivity contribution in [3.63, 3.8) is 0 Å². The molecule has 124 valence electrons. The number of amides is 1. The fourth-order valence-electron chi connectivity index (χ4n) is 2.27. The van der Waals surface area contributed by atoms with Crippen LogP contribution < -0.4 is 4.74 Å². The summed E-state index contributed by atoms with van der Waals surface area (Å²) < 4.78 is 5.39. The summed E-state index contributed by atoms with van der Waals surface area (Å²) in [5.41, 5.74) is 0.992. The molecule has 5 nitrogen and oxygen atoms in total. The molecule has 2 aromatic rings. The van der Waals surface area contributed by atoms with Crippen molar-refractivity contribution in [2.75, 3.05) is 28.3 Å². The lowest BCUT2D eigenvalue weighted by atomic mass is 10.2. The molecule has 1 amide bonds. The van der Waals surface area contributed by atoms with Crippen LogP contribution in [0.1, 0.15) is 11.8 Å². The standard InChI is InChI=1S/C17H23N3O2S/c1-12(17(21)19(2)3)20(4)11-13-10-18-16(23-13)14-8-6-7-9-15(14)22-5/h6-10,12H,11H2,1-5H3/t12-/m0/s1. The Morgan fingerprint density at radius 1 is 1.30 bits per heavy atom. The number of carbonyl (C=O) groups is 1. The molecule has 0 radical (unpaired) electrons. The van der Waals surface area contributed by atoms with Crippen LogP contribution in [0.3, 0.4) is 0 Å². The third kappa shape index (κ3) is 4.09. The van der Waals surface area contributed by atoms with Crippen LogP contribution >= 0.6 is 11.3 Å². The molecule has 0 unspecified atom stereocenters. The van der Waals surface area contributed by atoms with E-state index < -0.39 is 0 Å². The lowest BCUT2D eigenvalue weighted by Gasteiger charge is -2.25. The second kappa shape index (κ2) is 7.57. The number of carbonyl (C=O) groups excluding carboxylic acids is 1. The van der Waals surface area contributed by atoms with Gasteiger partial charge in [0.1, 0.15) is 10.8 Å². The third-order valence-electron chi connectivity index (χ3n) is 3.76. The van der Waals surface area contributed by atoms with Crippen molar-refractivity contribution in [3.8, 4) is 16.3 Å². The first-order valence-electron chi connectivity index (χ1n) is 7.43. The van der Waals surface area contributed by atoms with Crippen molar-refractivity contribution in [1.29, 1.82) is 0 Å². The summed E-state index contributed by atoms with van der Waals surface area (Å²) >= 11 is 1.62. The van der Waals surface area contributed by atoms with Gasteiger partial charge in [-0.15, -0.1) is 11.3 Å². The molecule has 0 spiro atoms. The van der Waals surface area contributed by atoms with Crippen molar-refractivity contribution < 1.29 is 9.53 Å². The number of nitrogens with zero attached hydrogens (tertiary/aromatic N) is 3. The third-order valence-corrected chi connectivity index (χ3v) is 4.77. The number of likely N-dealkylation sites (N-methyl/N-ethyl adjacent to an activating group) is 2. The number of methoxy groups -OCH3 is 1. The Balaban J connectivity index is 2.12. The van der Waals surface area contributed by atoms with Crippen LogP contribution in [0.2, 0.25) is 0 Å². The molecule has 23 heavy (non-hydrogen) atoms. The lowest BCUT2D eigenvalue weighted by Crippen LogP contribution is -2.42. The van der Waals surface area contributed by atoms with Crippen LogP contribution in [0, 0.1) is 0 Å². The molecule has 1 aromatic heterocycles. The molecule has 0 saturated carbocycles. The van der Waals surface area contributed by atoms with Gasteiger partial charge in [-0.25, -0.2) is 4.98 Å². The first-order chi connectivity index (χ1) is 10.9. The largest absolute Gasteiger partial charge is 0.496 e. The molecule has 1 atom stereocenters. The van der Waals surface area contributed by atoms with Gasteiger partial charge in [0.05, 0.1) is 18.7 Å². The van der Waals surface area contributed by atoms with Crippen molar-refractivity contribution in [3.05, 3.63) is 35.3 Å². The second-order valence-corrected chi connectivity index (χ2v) is 6.77. The van der Waals surface area contributed by atoms with Gasteiger partial charge in [0.25, 0.3) is 0 Å². The lowest BCUT2D eigenvalue weighted by molar-refractivity contribution is -0.133. The van der Waals surface area contributed by atoms with E-state index in [1.54, 1.807) is 37.4 Å². The Morgan fingerprint density at radius 2 is 2.00 bits per heavy atom. The van der Waals surface area contributed by atoms with Crippen LogP contribution in [0.25, 0.3) is 10.6 Å². The molecule has 1 aromatic carbocycles. The average Bonchev–Trinajstić information content (AvgIpc) is 3.01. The summed E-state index contributed by atoms with van der Waals surface area (Å²) in [6.07, 6.45) is 1.87. The minimum Gasteiger partial charge on any atom is -0.496 e. The van der Waals surface area contributed by atoms with Gasteiger partial charge >= 0.3 is 0 Å². The Kier molecular flexibility index (Phi) is 5.74. The van der Waals surface area contributed by atoms with Crippen LogP contribution in [0.15, 0.2) is 30.5 Å². The van der Waals surface area contributed by atoms with Gasteiger partial charge < -0.3 is 9.64 Å². The molecule has 0 saturated heterocycles. The first-order valence-corrected chi connectivity index (χ1v) is 8.25. The predicted molar refractivity (Wildman–Crippen MR) is 93.7 cm³/mol. The van der Waals surface area contributed by atoms with Gasteiger partial charge in [-0.2, -0.15) is 0 Å². The van der Waals surface area contributed by atoms with Crippen molar-refractivity contribution in [2.24, 2.45) is 0 Å². The topological polar surface area (TPSA) is 45.7 Å². The number of aromatic nitrogens is 1. The maximum absolute atomic E-state index is 12.0. The molecule has 0 N–H and O–H groups in total. The van der Waals surface area contributed by atoms with Gasteiger partial charge in [-0.3, -0.25) is 9.69 Å². The molecule has 0 bridgehead atoms. The smallest absolute Gasteiger partial charge is 0.239 e. The minimum atomic E-state index is -0.165. The van der Waals surface area contributed by atoms with E-state index in [1.165, 1.54) is 0 Å². The zero-order chi connectivity index (χ0) is 17.0. The highest BCUT2D eigenvalue weighted by Crippen LogP contribution is 2.33. The number of benzene rings is 1. The molecule has 0 aliphatic heterocycles. The Labute approximate surface area is 141 Å². The average molecular weight is 333 g/mol. The molecule has 0 aliphatic carbocycles. The van der Waals surface area contributed by atoms with E-state index in [4.69, 9.17) is 4.74 Å². The highest BCUT2D eigenvalue weighted by atomic mass is 32.1. The van der Waals surface area contributed by atoms with Crippen LogP contribution in [0.5, 0.6) is 5.75 Å². The van der Waals surface area contributed by atoms with E-state index in [9.17, 15) is 4.79 Å². The summed E-state index contributed by atoms with van der Waals surface area (Å²) in [6, 6.07) is 7.69. The summed E-state index contributed by atoms with van der Waals surface area (Å²) in [4.78, 5) is 21.3. The van der Waals surface area contributed by atoms with Gasteiger partial charge in [-0.05, 0) is 26.1 Å². The molecule has 0 fully saturated rings. The summed E-state index contributed by atoms with van der Waals surface area (Å²) in [5, 5.41) is 0.928. The van der Waals surface area contributed by atoms with E-state index in [0.29, 0.717) is 6.54 Å². The predicted octanol–water partition coefficient (Wildman–Crippen LogP) is 2.73. The highest BCUT2D eigenvalue weighted by Gasteiger charge is 2.20. The van der Waals surface area contributed by atoms with E-state index in [2.05, 4.69) is 4.98 Å². The van der Waals surface area contributed by atoms with E-state index >= 15 is 0 Å². The fourth-order valence-corrected chi connectivity index (χ4v) is 3.28. The summed E-state index contributed by atoms with van der Waals surface area (Å²) in [7, 11) is 7.17. The Bertz CT molecular complexity index is 669. The van der Waals surface area contributed by atoms with Gasteiger partial charge in [0.15, 0.2) is 0 Å². The van der Waals surface area contributed by atoms with Gasteiger partial charge in [0.2, 0.25) is 5.91 Å². The van der Waals surface area contributed by atoms with Gasteiger partial charge in [-0.1, -0.05) is 12.1 Å². The highest BCUT2D eigenvalue weighted by molar-refractivity contribution is 7.15. The SMILES string of the molecule is COc1ccccc1-c1ncc(CN(C)[C@@H](C)C(=O)N(C)C)s1. The van der Waals surface area contributed by atoms with Crippen LogP contribution in [-0.4, -0.2) is 55.0 Å². The van der Waals surface area contributed by atoms with Crippen LogP contribution in [0.4, 0.5) is 0 Å². The Hall–Kier alpha value is -1.92. The summed E-state index contributed by atoms with van der Waals surface area (Å²) in [6.45, 7) is 2.61. The van der Waals surface area contributed by atoms with E-state index in [1.807, 2.05) is 49.3 Å². The van der Waals surface area contributed by atoms with E-state index in [-0.39, 0.29) is 11.9 Å². The fraction of sp³-hybridized carbons (Fsp3) is 0.412. The first kappa shape index (κ1) is 17.4. The minimum absolute atomic E-state index is 0.0990.